The van der Waals surface area contributed by atoms with Crippen molar-refractivity contribution in [1.29, 1.82) is 0 Å². The first-order valence-corrected chi connectivity index (χ1v) is 11.1. The number of hydrogen-bond donors (Lipinski definition) is 2. The zero-order valence-corrected chi connectivity index (χ0v) is 18.2. The van der Waals surface area contributed by atoms with E-state index in [2.05, 4.69) is 5.32 Å². The van der Waals surface area contributed by atoms with Crippen LogP contribution in [0.2, 0.25) is 0 Å². The number of ketones is 1. The van der Waals surface area contributed by atoms with E-state index >= 15 is 0 Å². The Hall–Kier alpha value is -3.06. The Labute approximate surface area is 187 Å². The predicted molar refractivity (Wildman–Crippen MR) is 119 cm³/mol. The molecule has 1 aliphatic carbocycles. The minimum atomic E-state index is -0.822. The van der Waals surface area contributed by atoms with Crippen LogP contribution in [0.3, 0.4) is 0 Å². The zero-order valence-electron chi connectivity index (χ0n) is 18.2. The summed E-state index contributed by atoms with van der Waals surface area (Å²) in [5.74, 6) is -0.121. The summed E-state index contributed by atoms with van der Waals surface area (Å²) in [6, 6.07) is 12.4. The molecule has 2 unspecified atom stereocenters. The Morgan fingerprint density at radius 1 is 1.09 bits per heavy atom. The number of fused-ring (bicyclic) bond motifs is 1. The molecule has 2 aromatic carbocycles. The summed E-state index contributed by atoms with van der Waals surface area (Å²) >= 11 is 0. The molecule has 0 radical (unpaired) electrons. The number of carbonyl (C=O) groups excluding carboxylic acids is 2. The lowest BCUT2D eigenvalue weighted by Gasteiger charge is -2.32. The third-order valence-electron chi connectivity index (χ3n) is 6.36. The van der Waals surface area contributed by atoms with Crippen molar-refractivity contribution in [3.63, 3.8) is 0 Å². The molecule has 1 heterocycles. The third-order valence-corrected chi connectivity index (χ3v) is 6.36. The van der Waals surface area contributed by atoms with E-state index in [1.807, 2.05) is 6.07 Å². The van der Waals surface area contributed by atoms with Gasteiger partial charge in [-0.15, -0.1) is 0 Å². The van der Waals surface area contributed by atoms with Crippen LogP contribution in [-0.4, -0.2) is 43.4 Å². The zero-order chi connectivity index (χ0) is 22.5. The van der Waals surface area contributed by atoms with E-state index in [1.165, 1.54) is 7.11 Å². The van der Waals surface area contributed by atoms with Crippen LogP contribution in [0, 0.1) is 5.92 Å². The average molecular weight is 440 g/mol. The minimum Gasteiger partial charge on any atom is -0.468 e. The molecule has 0 saturated heterocycles. The molecule has 2 aromatic rings. The summed E-state index contributed by atoms with van der Waals surface area (Å²) in [4.78, 5) is 25.5. The highest BCUT2D eigenvalue weighted by Gasteiger charge is 2.36. The van der Waals surface area contributed by atoms with E-state index in [0.717, 1.165) is 32.1 Å². The van der Waals surface area contributed by atoms with Crippen molar-refractivity contribution < 1.29 is 28.9 Å². The quantitative estimate of drug-likeness (QED) is 0.476. The van der Waals surface area contributed by atoms with Crippen LogP contribution in [0.1, 0.15) is 53.9 Å². The van der Waals surface area contributed by atoms with Crippen LogP contribution in [0.15, 0.2) is 42.5 Å². The summed E-state index contributed by atoms with van der Waals surface area (Å²) in [7, 11) is 1.32. The van der Waals surface area contributed by atoms with Crippen LogP contribution in [-0.2, 0) is 9.53 Å². The number of para-hydroxylation sites is 1. The van der Waals surface area contributed by atoms with Crippen LogP contribution in [0.4, 0.5) is 5.69 Å². The molecule has 2 aliphatic rings. The van der Waals surface area contributed by atoms with Crippen LogP contribution < -0.4 is 14.8 Å². The number of ether oxygens (including phenoxy) is 3. The molecule has 0 amide bonds. The SMILES string of the molecule is COC(=O)CNc1ccccc1C(=O)C(c1ccc2c(c1)OCO2)C(O)C1CCCCC1. The van der Waals surface area contributed by atoms with Crippen LogP contribution in [0.25, 0.3) is 0 Å². The molecule has 2 atom stereocenters. The maximum Gasteiger partial charge on any atom is 0.325 e. The van der Waals surface area contributed by atoms with Gasteiger partial charge in [0.15, 0.2) is 17.3 Å². The number of rotatable bonds is 8. The molecule has 4 rings (SSSR count). The second-order valence-corrected chi connectivity index (χ2v) is 8.32. The highest BCUT2D eigenvalue weighted by molar-refractivity contribution is 6.06. The number of aliphatic hydroxyl groups is 1. The molecule has 1 aliphatic heterocycles. The Kier molecular flexibility index (Phi) is 6.95. The molecule has 32 heavy (non-hydrogen) atoms. The van der Waals surface area contributed by atoms with Crippen molar-refractivity contribution in [1.82, 2.24) is 0 Å². The molecule has 1 fully saturated rings. The highest BCUT2D eigenvalue weighted by Crippen LogP contribution is 2.40. The second kappa shape index (κ2) is 10.0. The van der Waals surface area contributed by atoms with Gasteiger partial charge >= 0.3 is 5.97 Å². The fourth-order valence-corrected chi connectivity index (χ4v) is 4.62. The predicted octanol–water partition coefficient (Wildman–Crippen LogP) is 3.91. The van der Waals surface area contributed by atoms with Crippen molar-refractivity contribution in [2.75, 3.05) is 25.8 Å². The molecule has 7 heteroatoms. The Bertz CT molecular complexity index is 969. The van der Waals surface area contributed by atoms with Crippen molar-refractivity contribution in [3.05, 3.63) is 53.6 Å². The number of hydrogen-bond acceptors (Lipinski definition) is 7. The van der Waals surface area contributed by atoms with Gasteiger partial charge in [-0.3, -0.25) is 9.59 Å². The van der Waals surface area contributed by atoms with Gasteiger partial charge in [-0.2, -0.15) is 0 Å². The molecule has 0 spiro atoms. The van der Waals surface area contributed by atoms with Gasteiger partial charge in [0, 0.05) is 11.3 Å². The second-order valence-electron chi connectivity index (χ2n) is 8.32. The third kappa shape index (κ3) is 4.72. The summed E-state index contributed by atoms with van der Waals surface area (Å²) in [6.45, 7) is 0.0868. The molecule has 1 saturated carbocycles. The Balaban J connectivity index is 1.68. The van der Waals surface area contributed by atoms with Gasteiger partial charge in [-0.1, -0.05) is 37.5 Å². The molecule has 170 valence electrons. The molecule has 0 aromatic heterocycles. The smallest absolute Gasteiger partial charge is 0.325 e. The maximum absolute atomic E-state index is 13.9. The summed E-state index contributed by atoms with van der Waals surface area (Å²) in [5, 5.41) is 14.4. The van der Waals surface area contributed by atoms with E-state index in [9.17, 15) is 14.7 Å². The first kappa shape index (κ1) is 22.1. The van der Waals surface area contributed by atoms with E-state index in [4.69, 9.17) is 14.2 Å². The van der Waals surface area contributed by atoms with Gasteiger partial charge in [0.1, 0.15) is 6.54 Å². The van der Waals surface area contributed by atoms with Crippen LogP contribution >= 0.6 is 0 Å². The minimum absolute atomic E-state index is 0.0540. The lowest BCUT2D eigenvalue weighted by molar-refractivity contribution is -0.138. The molecule has 2 N–H and O–H groups in total. The summed E-state index contributed by atoms with van der Waals surface area (Å²) < 4.78 is 15.6. The Morgan fingerprint density at radius 2 is 1.84 bits per heavy atom. The first-order chi connectivity index (χ1) is 15.6. The number of anilines is 1. The van der Waals surface area contributed by atoms with Gasteiger partial charge in [0.25, 0.3) is 0 Å². The first-order valence-electron chi connectivity index (χ1n) is 11.1. The fraction of sp³-hybridized carbons (Fsp3) is 0.440. The van der Waals surface area contributed by atoms with Crippen molar-refractivity contribution in [3.8, 4) is 11.5 Å². The lowest BCUT2D eigenvalue weighted by atomic mass is 9.75. The van der Waals surface area contributed by atoms with E-state index in [0.29, 0.717) is 28.3 Å². The van der Waals surface area contributed by atoms with E-state index in [1.54, 1.807) is 36.4 Å². The monoisotopic (exact) mass is 439 g/mol. The summed E-state index contributed by atoms with van der Waals surface area (Å²) in [6.07, 6.45) is 4.25. The number of methoxy groups -OCH3 is 1. The average Bonchev–Trinajstić information content (AvgIpc) is 3.31. The van der Waals surface area contributed by atoms with E-state index in [-0.39, 0.29) is 25.0 Å². The molecule has 0 bridgehead atoms. The number of carbonyl (C=O) groups is 2. The standard InChI is InChI=1S/C25H29NO6/c1-30-22(27)14-26-19-10-6-5-9-18(19)25(29)23(24(28)16-7-3-2-4-8-16)17-11-12-20-21(13-17)32-15-31-20/h5-6,9-13,16,23-24,26,28H,2-4,7-8,14-15H2,1H3. The lowest BCUT2D eigenvalue weighted by Crippen LogP contribution is -2.34. The fourth-order valence-electron chi connectivity index (χ4n) is 4.62. The Morgan fingerprint density at radius 3 is 2.62 bits per heavy atom. The van der Waals surface area contributed by atoms with Crippen LogP contribution in [0.5, 0.6) is 11.5 Å². The molecular formula is C25H29NO6. The largest absolute Gasteiger partial charge is 0.468 e. The van der Waals surface area contributed by atoms with Gasteiger partial charge in [0.05, 0.1) is 19.1 Å². The van der Waals surface area contributed by atoms with Gasteiger partial charge in [-0.25, -0.2) is 0 Å². The summed E-state index contributed by atoms with van der Waals surface area (Å²) in [5.41, 5.74) is 1.65. The highest BCUT2D eigenvalue weighted by atomic mass is 16.7. The van der Waals surface area contributed by atoms with E-state index < -0.39 is 18.0 Å². The maximum atomic E-state index is 13.9. The van der Waals surface area contributed by atoms with Crippen molar-refractivity contribution in [2.45, 2.75) is 44.1 Å². The normalized spacial score (nSPS) is 17.4. The topological polar surface area (TPSA) is 94.1 Å². The van der Waals surface area contributed by atoms with Gasteiger partial charge in [-0.05, 0) is 48.6 Å². The van der Waals surface area contributed by atoms with Crippen molar-refractivity contribution >= 4 is 17.4 Å². The number of nitrogens with one attached hydrogen (secondary N) is 1. The van der Waals surface area contributed by atoms with Gasteiger partial charge < -0.3 is 24.6 Å². The van der Waals surface area contributed by atoms with Crippen molar-refractivity contribution in [2.24, 2.45) is 5.92 Å². The number of Topliss-reactive ketones (excluding diaryl/α,β-unsaturated/α-hetero) is 1. The molecular weight excluding hydrogens is 410 g/mol. The number of benzene rings is 2. The number of esters is 1. The van der Waals surface area contributed by atoms with Gasteiger partial charge in [0.2, 0.25) is 6.79 Å². The molecule has 7 nitrogen and oxygen atoms in total. The number of aliphatic hydroxyl groups excluding tert-OH is 1.